The minimum Gasteiger partial charge on any atom is -0.353 e. The average Bonchev–Trinajstić information content (AvgIpc) is 3.69. The van der Waals surface area contributed by atoms with Gasteiger partial charge in [0.1, 0.15) is 5.82 Å². The largest absolute Gasteiger partial charge is 0.353 e. The predicted molar refractivity (Wildman–Crippen MR) is 126 cm³/mol. The summed E-state index contributed by atoms with van der Waals surface area (Å²) in [5.41, 5.74) is 1.11. The van der Waals surface area contributed by atoms with Crippen LogP contribution in [0.2, 0.25) is 0 Å². The smallest absolute Gasteiger partial charge is 0.272 e. The summed E-state index contributed by atoms with van der Waals surface area (Å²) in [6, 6.07) is 11.8. The Morgan fingerprint density at radius 3 is 2.32 bits per heavy atom. The van der Waals surface area contributed by atoms with Gasteiger partial charge >= 0.3 is 0 Å². The highest BCUT2D eigenvalue weighted by atomic mass is 19.1. The maximum atomic E-state index is 14.5. The number of hydrogen-bond acceptors (Lipinski definition) is 4. The van der Waals surface area contributed by atoms with E-state index in [1.54, 1.807) is 24.3 Å². The van der Waals surface area contributed by atoms with Crippen molar-refractivity contribution in [2.45, 2.75) is 57.0 Å². The van der Waals surface area contributed by atoms with Gasteiger partial charge in [-0.05, 0) is 62.3 Å². The number of carbonyl (C=O) groups excluding carboxylic acids is 2. The molecule has 0 bridgehead atoms. The van der Waals surface area contributed by atoms with Gasteiger partial charge in [0, 0.05) is 29.8 Å². The van der Waals surface area contributed by atoms with Crippen LogP contribution in [-0.4, -0.2) is 34.1 Å². The average molecular weight is 463 g/mol. The van der Waals surface area contributed by atoms with Crippen LogP contribution in [0, 0.1) is 11.7 Å². The Morgan fingerprint density at radius 1 is 0.941 bits per heavy atom. The lowest BCUT2D eigenvalue weighted by atomic mass is 9.90. The molecule has 2 aromatic carbocycles. The van der Waals surface area contributed by atoms with Crippen LogP contribution >= 0.6 is 0 Å². The molecular weight excluding hydrogens is 435 g/mol. The number of fused-ring (bicyclic) bond motifs is 1. The fraction of sp³-hybridized carbons (Fsp3) is 0.385. The molecule has 0 radical (unpaired) electrons. The molecule has 7 nitrogen and oxygen atoms in total. The van der Waals surface area contributed by atoms with Crippen molar-refractivity contribution in [3.8, 4) is 0 Å². The van der Waals surface area contributed by atoms with Gasteiger partial charge in [-0.15, -0.1) is 0 Å². The van der Waals surface area contributed by atoms with Crippen LogP contribution in [0.25, 0.3) is 10.8 Å². The van der Waals surface area contributed by atoms with Gasteiger partial charge in [0.25, 0.3) is 11.5 Å². The Labute approximate surface area is 196 Å². The normalized spacial score (nSPS) is 20.1. The highest BCUT2D eigenvalue weighted by molar-refractivity contribution is 5.95. The molecule has 1 aromatic heterocycles. The van der Waals surface area contributed by atoms with E-state index in [0.717, 1.165) is 49.5 Å². The molecule has 2 aliphatic rings. The molecule has 0 atom stereocenters. The molecule has 0 saturated heterocycles. The maximum absolute atomic E-state index is 14.5. The number of aromatic nitrogens is 2. The van der Waals surface area contributed by atoms with Crippen LogP contribution in [0.1, 0.15) is 60.1 Å². The van der Waals surface area contributed by atoms with Crippen LogP contribution < -0.4 is 16.2 Å². The summed E-state index contributed by atoms with van der Waals surface area (Å²) < 4.78 is 14.5. The maximum Gasteiger partial charge on any atom is 0.272 e. The molecule has 2 aliphatic carbocycles. The van der Waals surface area contributed by atoms with Crippen molar-refractivity contribution < 1.29 is 14.0 Å². The minimum atomic E-state index is -0.578. The molecule has 2 amide bonds. The molecule has 1 heterocycles. The van der Waals surface area contributed by atoms with Crippen LogP contribution in [0.5, 0.6) is 0 Å². The van der Waals surface area contributed by atoms with Crippen molar-refractivity contribution in [3.05, 3.63) is 75.5 Å². The number of aromatic amines is 1. The molecule has 0 unspecified atom stereocenters. The fourth-order valence-corrected chi connectivity index (χ4v) is 4.67. The van der Waals surface area contributed by atoms with Gasteiger partial charge in [0.05, 0.1) is 16.6 Å². The van der Waals surface area contributed by atoms with Gasteiger partial charge in [-0.25, -0.2) is 9.49 Å². The van der Waals surface area contributed by atoms with Crippen LogP contribution in [-0.2, 0) is 11.2 Å². The van der Waals surface area contributed by atoms with E-state index >= 15 is 0 Å². The number of rotatable bonds is 6. The summed E-state index contributed by atoms with van der Waals surface area (Å²) in [7, 11) is 0. The number of amides is 2. The number of nitrogens with zero attached hydrogens (tertiary/aromatic N) is 1. The van der Waals surface area contributed by atoms with Crippen molar-refractivity contribution in [2.75, 3.05) is 0 Å². The predicted octanol–water partition coefficient (Wildman–Crippen LogP) is 3.22. The number of H-pyrrole nitrogens is 1. The molecule has 0 spiro atoms. The topological polar surface area (TPSA) is 104 Å². The Balaban J connectivity index is 1.24. The zero-order valence-corrected chi connectivity index (χ0v) is 18.8. The molecule has 8 heteroatoms. The molecule has 176 valence electrons. The summed E-state index contributed by atoms with van der Waals surface area (Å²) in [6.45, 7) is 0. The molecule has 2 fully saturated rings. The van der Waals surface area contributed by atoms with E-state index in [1.807, 2.05) is 12.1 Å². The van der Waals surface area contributed by atoms with E-state index in [1.165, 1.54) is 6.07 Å². The van der Waals surface area contributed by atoms with Crippen molar-refractivity contribution in [2.24, 2.45) is 5.92 Å². The number of hydrogen-bond donors (Lipinski definition) is 3. The van der Waals surface area contributed by atoms with E-state index in [-0.39, 0.29) is 35.0 Å². The van der Waals surface area contributed by atoms with E-state index < -0.39 is 11.7 Å². The Hall–Kier alpha value is -3.55. The SMILES string of the molecule is O=C(NC1CCC(NC(=O)C2CC2)CC1)c1cc(Cc2n[nH]c(=O)c3ccccc23)ccc1F. The minimum absolute atomic E-state index is 0.00427. The molecule has 34 heavy (non-hydrogen) atoms. The third-order valence-electron chi connectivity index (χ3n) is 6.78. The fourth-order valence-electron chi connectivity index (χ4n) is 4.67. The Kier molecular flexibility index (Phi) is 6.13. The summed E-state index contributed by atoms with van der Waals surface area (Å²) in [5.74, 6) is -0.678. The Morgan fingerprint density at radius 2 is 1.62 bits per heavy atom. The standard InChI is InChI=1S/C26H27FN4O3/c27-22-12-5-15(14-23-19-3-1-2-4-20(19)26(34)31-30-23)13-21(22)25(33)29-18-10-8-17(9-11-18)28-24(32)16-6-7-16/h1-5,12-13,16-18H,6-11,14H2,(H,28,32)(H,29,33)(H,31,34). The van der Waals surface area contributed by atoms with Gasteiger partial charge in [-0.1, -0.05) is 24.3 Å². The van der Waals surface area contributed by atoms with Crippen molar-refractivity contribution in [1.29, 1.82) is 0 Å². The number of nitrogens with one attached hydrogen (secondary N) is 3. The van der Waals surface area contributed by atoms with E-state index in [4.69, 9.17) is 0 Å². The summed E-state index contributed by atoms with van der Waals surface area (Å²) in [6.07, 6.45) is 5.41. The number of carbonyl (C=O) groups is 2. The summed E-state index contributed by atoms with van der Waals surface area (Å²) >= 11 is 0. The zero-order chi connectivity index (χ0) is 23.7. The highest BCUT2D eigenvalue weighted by Gasteiger charge is 2.32. The molecular formula is C26H27FN4O3. The quantitative estimate of drug-likeness (QED) is 0.523. The monoisotopic (exact) mass is 462 g/mol. The van der Waals surface area contributed by atoms with Crippen molar-refractivity contribution in [1.82, 2.24) is 20.8 Å². The van der Waals surface area contributed by atoms with Gasteiger partial charge in [0.15, 0.2) is 0 Å². The van der Waals surface area contributed by atoms with Gasteiger partial charge in [-0.3, -0.25) is 14.4 Å². The number of benzene rings is 2. The van der Waals surface area contributed by atoms with E-state index in [2.05, 4.69) is 20.8 Å². The first-order chi connectivity index (χ1) is 16.5. The molecule has 5 rings (SSSR count). The second-order valence-electron chi connectivity index (χ2n) is 9.34. The van der Waals surface area contributed by atoms with Crippen LogP contribution in [0.3, 0.4) is 0 Å². The molecule has 2 saturated carbocycles. The first-order valence-electron chi connectivity index (χ1n) is 11.8. The van der Waals surface area contributed by atoms with Gasteiger partial charge in [0.2, 0.25) is 5.91 Å². The van der Waals surface area contributed by atoms with Crippen molar-refractivity contribution in [3.63, 3.8) is 0 Å². The lowest BCUT2D eigenvalue weighted by Crippen LogP contribution is -2.44. The molecule has 0 aliphatic heterocycles. The Bertz CT molecular complexity index is 1290. The lowest BCUT2D eigenvalue weighted by Gasteiger charge is -2.29. The van der Waals surface area contributed by atoms with E-state index in [9.17, 15) is 18.8 Å². The summed E-state index contributed by atoms with van der Waals surface area (Å²) in [4.78, 5) is 36.9. The molecule has 3 aromatic rings. The van der Waals surface area contributed by atoms with Gasteiger partial charge in [-0.2, -0.15) is 5.10 Å². The van der Waals surface area contributed by atoms with Gasteiger partial charge < -0.3 is 10.6 Å². The van der Waals surface area contributed by atoms with Crippen LogP contribution in [0.4, 0.5) is 4.39 Å². The first kappa shape index (κ1) is 22.3. The zero-order valence-electron chi connectivity index (χ0n) is 18.8. The number of halogens is 1. The lowest BCUT2D eigenvalue weighted by molar-refractivity contribution is -0.123. The third kappa shape index (κ3) is 4.85. The second-order valence-corrected chi connectivity index (χ2v) is 9.34. The summed E-state index contributed by atoms with van der Waals surface area (Å²) in [5, 5.41) is 14.0. The van der Waals surface area contributed by atoms with Crippen molar-refractivity contribution >= 4 is 22.6 Å². The third-order valence-corrected chi connectivity index (χ3v) is 6.78. The van der Waals surface area contributed by atoms with E-state index in [0.29, 0.717) is 17.5 Å². The molecule has 3 N–H and O–H groups in total. The first-order valence-corrected chi connectivity index (χ1v) is 11.8. The second kappa shape index (κ2) is 9.37. The van der Waals surface area contributed by atoms with Crippen LogP contribution in [0.15, 0.2) is 47.3 Å². The highest BCUT2D eigenvalue weighted by Crippen LogP contribution is 2.30.